The Kier molecular flexibility index (Phi) is 3.93. The SMILES string of the molecule is Cc1ccc2c(-c3cc(Cl)nc4ccccc34)c(C)n(CC(=O)O)c2c1. The molecular formula is C21H17ClN2O2. The average Bonchev–Trinajstić information content (AvgIpc) is 2.85. The monoisotopic (exact) mass is 364 g/mol. The van der Waals surface area contributed by atoms with Crippen LogP contribution in [0.3, 0.4) is 0 Å². The van der Waals surface area contributed by atoms with Gasteiger partial charge in [0.25, 0.3) is 0 Å². The second-order valence-electron chi connectivity index (χ2n) is 6.47. The molecule has 0 fully saturated rings. The summed E-state index contributed by atoms with van der Waals surface area (Å²) in [7, 11) is 0. The smallest absolute Gasteiger partial charge is 0.323 e. The number of aliphatic carboxylic acids is 1. The Morgan fingerprint density at radius 3 is 2.65 bits per heavy atom. The lowest BCUT2D eigenvalue weighted by atomic mass is 9.98. The second kappa shape index (κ2) is 6.15. The summed E-state index contributed by atoms with van der Waals surface area (Å²) in [6, 6.07) is 15.8. The molecule has 0 spiro atoms. The molecule has 1 N–H and O–H groups in total. The molecule has 4 rings (SSSR count). The summed E-state index contributed by atoms with van der Waals surface area (Å²) in [5.41, 5.74) is 5.70. The van der Waals surface area contributed by atoms with Gasteiger partial charge in [-0.25, -0.2) is 4.98 Å². The Morgan fingerprint density at radius 1 is 1.12 bits per heavy atom. The summed E-state index contributed by atoms with van der Waals surface area (Å²) in [4.78, 5) is 15.8. The van der Waals surface area contributed by atoms with E-state index in [1.54, 1.807) is 0 Å². The Bertz CT molecular complexity index is 1180. The van der Waals surface area contributed by atoms with Crippen molar-refractivity contribution in [1.29, 1.82) is 0 Å². The summed E-state index contributed by atoms with van der Waals surface area (Å²) in [6.45, 7) is 3.88. The molecule has 0 bridgehead atoms. The van der Waals surface area contributed by atoms with E-state index >= 15 is 0 Å². The number of carboxylic acid groups (broad SMARTS) is 1. The van der Waals surface area contributed by atoms with Crippen molar-refractivity contribution in [3.05, 3.63) is 64.9 Å². The zero-order valence-electron chi connectivity index (χ0n) is 14.5. The molecule has 5 heteroatoms. The maximum Gasteiger partial charge on any atom is 0.323 e. The largest absolute Gasteiger partial charge is 0.480 e. The van der Waals surface area contributed by atoms with Gasteiger partial charge in [-0.1, -0.05) is 41.9 Å². The number of aromatic nitrogens is 2. The van der Waals surface area contributed by atoms with E-state index in [9.17, 15) is 9.90 Å². The minimum absolute atomic E-state index is 0.0808. The Morgan fingerprint density at radius 2 is 1.88 bits per heavy atom. The number of carbonyl (C=O) groups is 1. The van der Waals surface area contributed by atoms with Crippen LogP contribution in [0.2, 0.25) is 5.15 Å². The maximum absolute atomic E-state index is 11.4. The number of hydrogen-bond acceptors (Lipinski definition) is 2. The number of pyridine rings is 1. The molecule has 0 saturated carbocycles. The molecule has 0 saturated heterocycles. The lowest BCUT2D eigenvalue weighted by Crippen LogP contribution is -2.10. The van der Waals surface area contributed by atoms with Crippen LogP contribution in [0.25, 0.3) is 32.9 Å². The minimum atomic E-state index is -0.865. The Labute approximate surface area is 155 Å². The summed E-state index contributed by atoms with van der Waals surface area (Å²) in [6.07, 6.45) is 0. The lowest BCUT2D eigenvalue weighted by Gasteiger charge is -2.09. The zero-order valence-corrected chi connectivity index (χ0v) is 15.2. The molecule has 0 unspecified atom stereocenters. The molecule has 26 heavy (non-hydrogen) atoms. The summed E-state index contributed by atoms with van der Waals surface area (Å²) in [5.74, 6) is -0.865. The van der Waals surface area contributed by atoms with Crippen LogP contribution in [0.4, 0.5) is 0 Å². The third-order valence-corrected chi connectivity index (χ3v) is 4.92. The third kappa shape index (κ3) is 2.63. The van der Waals surface area contributed by atoms with E-state index in [2.05, 4.69) is 11.1 Å². The Balaban J connectivity index is 2.13. The Hall–Kier alpha value is -2.85. The summed E-state index contributed by atoms with van der Waals surface area (Å²) >= 11 is 6.28. The van der Waals surface area contributed by atoms with E-state index in [4.69, 9.17) is 11.6 Å². The molecule has 2 aromatic carbocycles. The number of para-hydroxylation sites is 1. The fraction of sp³-hybridized carbons (Fsp3) is 0.143. The number of nitrogens with zero attached hydrogens (tertiary/aromatic N) is 2. The van der Waals surface area contributed by atoms with Gasteiger partial charge in [-0.2, -0.15) is 0 Å². The predicted molar refractivity (Wildman–Crippen MR) is 105 cm³/mol. The van der Waals surface area contributed by atoms with Gasteiger partial charge in [0.05, 0.1) is 5.52 Å². The number of benzene rings is 2. The van der Waals surface area contributed by atoms with Gasteiger partial charge in [0.15, 0.2) is 0 Å². The normalized spacial score (nSPS) is 11.3. The van der Waals surface area contributed by atoms with E-state index in [1.165, 1.54) is 0 Å². The van der Waals surface area contributed by atoms with E-state index in [0.29, 0.717) is 5.15 Å². The van der Waals surface area contributed by atoms with Crippen molar-refractivity contribution in [2.24, 2.45) is 0 Å². The third-order valence-electron chi connectivity index (χ3n) is 4.73. The maximum atomic E-state index is 11.4. The number of hydrogen-bond donors (Lipinski definition) is 1. The quantitative estimate of drug-likeness (QED) is 0.507. The molecule has 130 valence electrons. The first kappa shape index (κ1) is 16.6. The van der Waals surface area contributed by atoms with Crippen molar-refractivity contribution in [3.63, 3.8) is 0 Å². The number of halogens is 1. The predicted octanol–water partition coefficient (Wildman–Crippen LogP) is 5.21. The molecule has 0 radical (unpaired) electrons. The van der Waals surface area contributed by atoms with Gasteiger partial charge < -0.3 is 9.67 Å². The van der Waals surface area contributed by atoms with Gasteiger partial charge in [-0.15, -0.1) is 0 Å². The van der Waals surface area contributed by atoms with Crippen LogP contribution >= 0.6 is 11.6 Å². The molecule has 4 aromatic rings. The van der Waals surface area contributed by atoms with Crippen LogP contribution < -0.4 is 0 Å². The second-order valence-corrected chi connectivity index (χ2v) is 6.86. The van der Waals surface area contributed by atoms with Crippen molar-refractivity contribution < 1.29 is 9.90 Å². The number of fused-ring (bicyclic) bond motifs is 2. The standard InChI is InChI=1S/C21H17ClN2O2/c1-12-7-8-15-18(9-12)24(11-20(25)26)13(2)21(15)16-10-19(22)23-17-6-4-3-5-14(16)17/h3-10H,11H2,1-2H3,(H,25,26). The van der Waals surface area contributed by atoms with Crippen LogP contribution in [0.5, 0.6) is 0 Å². The molecule has 0 amide bonds. The van der Waals surface area contributed by atoms with Gasteiger partial charge in [0.1, 0.15) is 11.7 Å². The molecule has 4 nitrogen and oxygen atoms in total. The number of carboxylic acids is 1. The van der Waals surface area contributed by atoms with E-state index in [-0.39, 0.29) is 6.54 Å². The van der Waals surface area contributed by atoms with Crippen LogP contribution in [0, 0.1) is 13.8 Å². The van der Waals surface area contributed by atoms with Gasteiger partial charge in [0.2, 0.25) is 0 Å². The average molecular weight is 365 g/mol. The number of aryl methyl sites for hydroxylation is 1. The molecule has 0 atom stereocenters. The summed E-state index contributed by atoms with van der Waals surface area (Å²) < 4.78 is 1.85. The fourth-order valence-electron chi connectivity index (χ4n) is 3.62. The highest BCUT2D eigenvalue weighted by Gasteiger charge is 2.19. The molecule has 0 aliphatic heterocycles. The highest BCUT2D eigenvalue weighted by molar-refractivity contribution is 6.30. The molecule has 0 aliphatic carbocycles. The van der Waals surface area contributed by atoms with E-state index in [0.717, 1.165) is 44.2 Å². The van der Waals surface area contributed by atoms with Crippen molar-refractivity contribution in [2.45, 2.75) is 20.4 Å². The van der Waals surface area contributed by atoms with Crippen molar-refractivity contribution in [1.82, 2.24) is 9.55 Å². The fourth-order valence-corrected chi connectivity index (χ4v) is 3.82. The van der Waals surface area contributed by atoms with Crippen LogP contribution in [-0.4, -0.2) is 20.6 Å². The lowest BCUT2D eigenvalue weighted by molar-refractivity contribution is -0.137. The first-order valence-corrected chi connectivity index (χ1v) is 8.70. The van der Waals surface area contributed by atoms with E-state index < -0.39 is 5.97 Å². The van der Waals surface area contributed by atoms with Crippen LogP contribution in [-0.2, 0) is 11.3 Å². The van der Waals surface area contributed by atoms with Crippen LogP contribution in [0.15, 0.2) is 48.5 Å². The zero-order chi connectivity index (χ0) is 18.4. The van der Waals surface area contributed by atoms with E-state index in [1.807, 2.05) is 60.9 Å². The molecule has 2 aromatic heterocycles. The highest BCUT2D eigenvalue weighted by atomic mass is 35.5. The van der Waals surface area contributed by atoms with Crippen molar-refractivity contribution in [3.8, 4) is 11.1 Å². The molecular weight excluding hydrogens is 348 g/mol. The topological polar surface area (TPSA) is 55.1 Å². The van der Waals surface area contributed by atoms with Gasteiger partial charge >= 0.3 is 5.97 Å². The molecule has 0 aliphatic rings. The van der Waals surface area contributed by atoms with Crippen LogP contribution in [0.1, 0.15) is 11.3 Å². The first-order valence-electron chi connectivity index (χ1n) is 8.32. The van der Waals surface area contributed by atoms with Crippen molar-refractivity contribution in [2.75, 3.05) is 0 Å². The first-order chi connectivity index (χ1) is 12.5. The number of rotatable bonds is 3. The summed E-state index contributed by atoms with van der Waals surface area (Å²) in [5, 5.41) is 11.8. The minimum Gasteiger partial charge on any atom is -0.480 e. The molecule has 2 heterocycles. The highest BCUT2D eigenvalue weighted by Crippen LogP contribution is 2.39. The van der Waals surface area contributed by atoms with Gasteiger partial charge in [-0.3, -0.25) is 4.79 Å². The van der Waals surface area contributed by atoms with Crippen molar-refractivity contribution >= 4 is 39.4 Å². The van der Waals surface area contributed by atoms with Gasteiger partial charge in [0, 0.05) is 27.5 Å². The van der Waals surface area contributed by atoms with Gasteiger partial charge in [-0.05, 0) is 43.2 Å².